The molecule has 0 radical (unpaired) electrons. The molecule has 0 spiro atoms. The van der Waals surface area contributed by atoms with Crippen molar-refractivity contribution in [1.29, 1.82) is 0 Å². The highest BCUT2D eigenvalue weighted by molar-refractivity contribution is 9.10. The van der Waals surface area contributed by atoms with Crippen LogP contribution in [-0.2, 0) is 11.3 Å². The third-order valence-electron chi connectivity index (χ3n) is 3.29. The zero-order chi connectivity index (χ0) is 17.8. The summed E-state index contributed by atoms with van der Waals surface area (Å²) in [7, 11) is 1.57. The number of nitrogens with zero attached hydrogens (tertiary/aromatic N) is 2. The van der Waals surface area contributed by atoms with E-state index >= 15 is 0 Å². The summed E-state index contributed by atoms with van der Waals surface area (Å²) in [6, 6.07) is 11.1. The van der Waals surface area contributed by atoms with Crippen molar-refractivity contribution >= 4 is 21.9 Å². The molecule has 0 N–H and O–H groups in total. The molecule has 8 heteroatoms. The van der Waals surface area contributed by atoms with E-state index in [-0.39, 0.29) is 18.1 Å². The van der Waals surface area contributed by atoms with Gasteiger partial charge in [-0.25, -0.2) is 9.18 Å². The summed E-state index contributed by atoms with van der Waals surface area (Å²) < 4.78 is 29.4. The topological polar surface area (TPSA) is 74.5 Å². The van der Waals surface area contributed by atoms with Crippen molar-refractivity contribution in [1.82, 2.24) is 10.1 Å². The number of rotatable bonds is 5. The highest BCUT2D eigenvalue weighted by Crippen LogP contribution is 2.20. The number of methoxy groups -OCH3 is 1. The summed E-state index contributed by atoms with van der Waals surface area (Å²) in [5.41, 5.74) is 0.546. The number of halogens is 2. The van der Waals surface area contributed by atoms with Crippen LogP contribution in [0.5, 0.6) is 5.75 Å². The lowest BCUT2D eigenvalue weighted by Gasteiger charge is -2.03. The van der Waals surface area contributed by atoms with Crippen LogP contribution in [0.1, 0.15) is 16.2 Å². The van der Waals surface area contributed by atoms with Crippen LogP contribution in [0.15, 0.2) is 51.5 Å². The van der Waals surface area contributed by atoms with Crippen LogP contribution < -0.4 is 4.74 Å². The SMILES string of the molecule is COc1ccc(-c2noc(COC(=O)c3cc(Br)ccc3F)n2)cc1. The molecule has 0 fully saturated rings. The number of aromatic nitrogens is 2. The van der Waals surface area contributed by atoms with Crippen LogP contribution in [-0.4, -0.2) is 23.2 Å². The van der Waals surface area contributed by atoms with Crippen molar-refractivity contribution in [3.8, 4) is 17.1 Å². The molecule has 0 saturated heterocycles. The molecule has 25 heavy (non-hydrogen) atoms. The summed E-state index contributed by atoms with van der Waals surface area (Å²) in [6.07, 6.45) is 0. The van der Waals surface area contributed by atoms with E-state index in [4.69, 9.17) is 14.0 Å². The van der Waals surface area contributed by atoms with Gasteiger partial charge in [0.2, 0.25) is 5.82 Å². The largest absolute Gasteiger partial charge is 0.497 e. The molecule has 1 heterocycles. The molecule has 0 atom stereocenters. The number of benzene rings is 2. The van der Waals surface area contributed by atoms with Gasteiger partial charge in [-0.05, 0) is 42.5 Å². The van der Waals surface area contributed by atoms with Gasteiger partial charge in [-0.2, -0.15) is 4.98 Å². The van der Waals surface area contributed by atoms with Crippen molar-refractivity contribution in [2.24, 2.45) is 0 Å². The third-order valence-corrected chi connectivity index (χ3v) is 3.78. The second-order valence-corrected chi connectivity index (χ2v) is 5.86. The van der Waals surface area contributed by atoms with E-state index in [1.165, 1.54) is 18.2 Å². The fourth-order valence-corrected chi connectivity index (χ4v) is 2.39. The first kappa shape index (κ1) is 17.1. The predicted octanol–water partition coefficient (Wildman–Crippen LogP) is 4.00. The molecule has 3 aromatic rings. The zero-order valence-electron chi connectivity index (χ0n) is 13.0. The smallest absolute Gasteiger partial charge is 0.341 e. The second-order valence-electron chi connectivity index (χ2n) is 4.94. The fourth-order valence-electron chi connectivity index (χ4n) is 2.03. The number of hydrogen-bond donors (Lipinski definition) is 0. The molecule has 0 aliphatic rings. The first-order chi connectivity index (χ1) is 12.1. The van der Waals surface area contributed by atoms with Crippen LogP contribution in [0.2, 0.25) is 0 Å². The van der Waals surface area contributed by atoms with Gasteiger partial charge < -0.3 is 14.0 Å². The molecule has 1 aromatic heterocycles. The van der Waals surface area contributed by atoms with E-state index in [0.29, 0.717) is 16.0 Å². The number of carbonyl (C=O) groups is 1. The van der Waals surface area contributed by atoms with E-state index < -0.39 is 11.8 Å². The number of esters is 1. The van der Waals surface area contributed by atoms with E-state index in [2.05, 4.69) is 26.1 Å². The van der Waals surface area contributed by atoms with Crippen molar-refractivity contribution in [2.75, 3.05) is 7.11 Å². The van der Waals surface area contributed by atoms with Crippen LogP contribution in [0.4, 0.5) is 4.39 Å². The number of carbonyl (C=O) groups excluding carboxylic acids is 1. The highest BCUT2D eigenvalue weighted by Gasteiger charge is 2.16. The van der Waals surface area contributed by atoms with Gasteiger partial charge in [0, 0.05) is 10.0 Å². The summed E-state index contributed by atoms with van der Waals surface area (Å²) in [4.78, 5) is 16.1. The standard InChI is InChI=1S/C17H12BrFN2O4/c1-23-12-5-2-10(3-6-12)16-20-15(25-21-16)9-24-17(22)13-8-11(18)4-7-14(13)19/h2-8H,9H2,1H3. The molecule has 0 unspecified atom stereocenters. The Morgan fingerprint density at radius 2 is 2.00 bits per heavy atom. The quantitative estimate of drug-likeness (QED) is 0.596. The maximum absolute atomic E-state index is 13.6. The Morgan fingerprint density at radius 3 is 2.72 bits per heavy atom. The molecular weight excluding hydrogens is 395 g/mol. The molecule has 0 amide bonds. The molecular formula is C17H12BrFN2O4. The monoisotopic (exact) mass is 406 g/mol. The van der Waals surface area contributed by atoms with Crippen LogP contribution in [0.3, 0.4) is 0 Å². The Morgan fingerprint density at radius 1 is 1.24 bits per heavy atom. The van der Waals surface area contributed by atoms with Gasteiger partial charge in [0.15, 0.2) is 6.61 Å². The maximum Gasteiger partial charge on any atom is 0.341 e. The highest BCUT2D eigenvalue weighted by atomic mass is 79.9. The van der Waals surface area contributed by atoms with Gasteiger partial charge in [-0.1, -0.05) is 21.1 Å². The number of hydrogen-bond acceptors (Lipinski definition) is 6. The lowest BCUT2D eigenvalue weighted by molar-refractivity contribution is 0.0424. The molecule has 2 aromatic carbocycles. The zero-order valence-corrected chi connectivity index (χ0v) is 14.6. The Bertz CT molecular complexity index is 896. The van der Waals surface area contributed by atoms with E-state index in [0.717, 1.165) is 5.56 Å². The van der Waals surface area contributed by atoms with Crippen molar-refractivity contribution in [3.05, 3.63) is 64.2 Å². The third kappa shape index (κ3) is 4.03. The first-order valence-electron chi connectivity index (χ1n) is 7.16. The Hall–Kier alpha value is -2.74. The molecule has 0 aliphatic heterocycles. The average molecular weight is 407 g/mol. The normalized spacial score (nSPS) is 10.5. The average Bonchev–Trinajstić information content (AvgIpc) is 3.11. The molecule has 0 bridgehead atoms. The van der Waals surface area contributed by atoms with E-state index in [1.54, 1.807) is 31.4 Å². The first-order valence-corrected chi connectivity index (χ1v) is 7.95. The molecule has 128 valence electrons. The predicted molar refractivity (Wildman–Crippen MR) is 89.5 cm³/mol. The van der Waals surface area contributed by atoms with Crippen molar-refractivity contribution in [3.63, 3.8) is 0 Å². The Labute approximate surface area is 150 Å². The van der Waals surface area contributed by atoms with E-state index in [1.807, 2.05) is 0 Å². The molecule has 6 nitrogen and oxygen atoms in total. The number of ether oxygens (including phenoxy) is 2. The van der Waals surface area contributed by atoms with Gasteiger partial charge in [0.25, 0.3) is 5.89 Å². The minimum absolute atomic E-state index is 0.106. The maximum atomic E-state index is 13.6. The molecule has 0 aliphatic carbocycles. The lowest BCUT2D eigenvalue weighted by atomic mass is 10.2. The van der Waals surface area contributed by atoms with Crippen molar-refractivity contribution < 1.29 is 23.2 Å². The summed E-state index contributed by atoms with van der Waals surface area (Å²) in [5.74, 6) is -0.324. The van der Waals surface area contributed by atoms with Gasteiger partial charge in [-0.3, -0.25) is 0 Å². The van der Waals surface area contributed by atoms with Crippen LogP contribution in [0.25, 0.3) is 11.4 Å². The fraction of sp³-hybridized carbons (Fsp3) is 0.118. The summed E-state index contributed by atoms with van der Waals surface area (Å²) in [5, 5.41) is 3.82. The van der Waals surface area contributed by atoms with Crippen LogP contribution >= 0.6 is 15.9 Å². The molecule has 0 saturated carbocycles. The minimum Gasteiger partial charge on any atom is -0.497 e. The van der Waals surface area contributed by atoms with Crippen LogP contribution in [0, 0.1) is 5.82 Å². The minimum atomic E-state index is -0.817. The van der Waals surface area contributed by atoms with E-state index in [9.17, 15) is 9.18 Å². The Balaban J connectivity index is 1.67. The van der Waals surface area contributed by atoms with Gasteiger partial charge in [-0.15, -0.1) is 0 Å². The molecule has 3 rings (SSSR count). The van der Waals surface area contributed by atoms with Gasteiger partial charge in [0.1, 0.15) is 11.6 Å². The van der Waals surface area contributed by atoms with Gasteiger partial charge in [0.05, 0.1) is 12.7 Å². The second kappa shape index (κ2) is 7.43. The Kier molecular flexibility index (Phi) is 5.08. The lowest BCUT2D eigenvalue weighted by Crippen LogP contribution is -2.07. The van der Waals surface area contributed by atoms with Gasteiger partial charge >= 0.3 is 5.97 Å². The summed E-state index contributed by atoms with van der Waals surface area (Å²) in [6.45, 7) is -0.256. The summed E-state index contributed by atoms with van der Waals surface area (Å²) >= 11 is 3.18. The van der Waals surface area contributed by atoms with Crippen molar-refractivity contribution in [2.45, 2.75) is 6.61 Å².